The van der Waals surface area contributed by atoms with E-state index in [0.29, 0.717) is 24.0 Å². The number of aromatic nitrogens is 3. The van der Waals surface area contributed by atoms with Crippen molar-refractivity contribution in [2.75, 3.05) is 32.8 Å². The maximum atomic E-state index is 12.9. The second kappa shape index (κ2) is 11.4. The van der Waals surface area contributed by atoms with Crippen LogP contribution in [0.3, 0.4) is 0 Å². The predicted molar refractivity (Wildman–Crippen MR) is 125 cm³/mol. The number of piperidine rings is 1. The molecule has 1 aliphatic carbocycles. The van der Waals surface area contributed by atoms with E-state index in [1.165, 1.54) is 32.1 Å². The molecule has 0 spiro atoms. The molecule has 3 heterocycles. The van der Waals surface area contributed by atoms with Crippen LogP contribution in [0.1, 0.15) is 48.9 Å². The number of ether oxygens (including phenoxy) is 1. The van der Waals surface area contributed by atoms with E-state index in [2.05, 4.69) is 26.8 Å². The van der Waals surface area contributed by atoms with Gasteiger partial charge in [-0.15, -0.1) is 6.58 Å². The van der Waals surface area contributed by atoms with Crippen LogP contribution in [0.15, 0.2) is 49.7 Å². The molecule has 4 rings (SSSR count). The summed E-state index contributed by atoms with van der Waals surface area (Å²) in [5.74, 6) is 1.83. The zero-order valence-electron chi connectivity index (χ0n) is 18.9. The van der Waals surface area contributed by atoms with Gasteiger partial charge in [-0.3, -0.25) is 9.36 Å². The molecule has 32 heavy (non-hydrogen) atoms. The summed E-state index contributed by atoms with van der Waals surface area (Å²) >= 11 is 0. The van der Waals surface area contributed by atoms with Crippen molar-refractivity contribution in [3.63, 3.8) is 0 Å². The third kappa shape index (κ3) is 6.04. The van der Waals surface area contributed by atoms with Crippen LogP contribution < -0.4 is 5.32 Å². The quantitative estimate of drug-likeness (QED) is 0.480. The van der Waals surface area contributed by atoms with Gasteiger partial charge in [-0.1, -0.05) is 18.9 Å². The second-order valence-corrected chi connectivity index (χ2v) is 9.09. The Kier molecular flexibility index (Phi) is 8.07. The minimum Gasteiger partial charge on any atom is -0.377 e. The Morgan fingerprint density at radius 2 is 2.16 bits per heavy atom. The number of pyridine rings is 1. The van der Waals surface area contributed by atoms with E-state index in [1.54, 1.807) is 18.7 Å². The minimum atomic E-state index is -0.0269. The van der Waals surface area contributed by atoms with Gasteiger partial charge in [-0.2, -0.15) is 0 Å². The summed E-state index contributed by atoms with van der Waals surface area (Å²) in [7, 11) is 0. The molecule has 1 amide bonds. The highest BCUT2D eigenvalue weighted by Crippen LogP contribution is 2.27. The first-order valence-electron chi connectivity index (χ1n) is 11.9. The van der Waals surface area contributed by atoms with Crippen molar-refractivity contribution in [2.45, 2.75) is 44.6 Å². The number of imidazole rings is 1. The molecule has 1 aliphatic heterocycles. The summed E-state index contributed by atoms with van der Waals surface area (Å²) < 4.78 is 7.53. The minimum absolute atomic E-state index is 0.0269. The highest BCUT2D eigenvalue weighted by molar-refractivity contribution is 5.94. The van der Waals surface area contributed by atoms with Crippen molar-refractivity contribution < 1.29 is 9.53 Å². The lowest BCUT2D eigenvalue weighted by Gasteiger charge is -2.39. The molecular weight excluding hydrogens is 402 g/mol. The molecule has 2 fully saturated rings. The third-order valence-corrected chi connectivity index (χ3v) is 6.69. The second-order valence-electron chi connectivity index (χ2n) is 9.09. The van der Waals surface area contributed by atoms with Crippen LogP contribution in [0, 0.1) is 11.8 Å². The topological polar surface area (TPSA) is 72.3 Å². The first-order chi connectivity index (χ1) is 15.7. The number of hydrogen-bond donors (Lipinski definition) is 1. The van der Waals surface area contributed by atoms with Crippen LogP contribution in [0.25, 0.3) is 5.82 Å². The zero-order chi connectivity index (χ0) is 22.2. The molecule has 7 heteroatoms. The van der Waals surface area contributed by atoms with Crippen LogP contribution in [0.2, 0.25) is 0 Å². The number of nitrogens with one attached hydrogen (secondary N) is 1. The Morgan fingerprint density at radius 3 is 2.94 bits per heavy atom. The Morgan fingerprint density at radius 1 is 1.25 bits per heavy atom. The predicted octanol–water partition coefficient (Wildman–Crippen LogP) is 3.47. The van der Waals surface area contributed by atoms with Gasteiger partial charge in [0.05, 0.1) is 18.8 Å². The number of likely N-dealkylation sites (tertiary alicyclic amines) is 1. The van der Waals surface area contributed by atoms with Crippen LogP contribution in [-0.4, -0.2) is 64.2 Å². The van der Waals surface area contributed by atoms with Gasteiger partial charge in [0, 0.05) is 37.7 Å². The molecule has 1 saturated carbocycles. The van der Waals surface area contributed by atoms with E-state index in [-0.39, 0.29) is 11.9 Å². The maximum absolute atomic E-state index is 12.9. The molecule has 0 radical (unpaired) electrons. The average Bonchev–Trinajstić information content (AvgIpc) is 3.36. The zero-order valence-corrected chi connectivity index (χ0v) is 18.9. The van der Waals surface area contributed by atoms with Gasteiger partial charge in [0.2, 0.25) is 0 Å². The van der Waals surface area contributed by atoms with E-state index >= 15 is 0 Å². The number of carbonyl (C=O) groups is 1. The number of nitrogens with zero attached hydrogens (tertiary/aromatic N) is 4. The van der Waals surface area contributed by atoms with E-state index in [9.17, 15) is 4.79 Å². The van der Waals surface area contributed by atoms with Crippen molar-refractivity contribution in [1.82, 2.24) is 24.8 Å². The Labute approximate surface area is 190 Å². The fraction of sp³-hybridized carbons (Fsp3) is 0.560. The first-order valence-corrected chi connectivity index (χ1v) is 11.9. The van der Waals surface area contributed by atoms with E-state index in [0.717, 1.165) is 38.5 Å². The van der Waals surface area contributed by atoms with Crippen molar-refractivity contribution in [3.8, 4) is 5.82 Å². The monoisotopic (exact) mass is 437 g/mol. The normalized spacial score (nSPS) is 24.2. The summed E-state index contributed by atoms with van der Waals surface area (Å²) in [4.78, 5) is 24.0. The molecule has 172 valence electrons. The summed E-state index contributed by atoms with van der Waals surface area (Å²) in [6, 6.07) is 3.92. The van der Waals surface area contributed by atoms with Crippen LogP contribution in [0.4, 0.5) is 0 Å². The fourth-order valence-corrected chi connectivity index (χ4v) is 5.04. The molecule has 0 unspecified atom stereocenters. The lowest BCUT2D eigenvalue weighted by Crippen LogP contribution is -2.48. The summed E-state index contributed by atoms with van der Waals surface area (Å²) in [5.41, 5.74) is 0.607. The molecule has 2 aromatic rings. The van der Waals surface area contributed by atoms with Gasteiger partial charge in [-0.25, -0.2) is 9.97 Å². The molecule has 2 aromatic heterocycles. The van der Waals surface area contributed by atoms with Crippen molar-refractivity contribution >= 4 is 5.91 Å². The number of carbonyl (C=O) groups excluding carboxylic acids is 1. The smallest absolute Gasteiger partial charge is 0.253 e. The highest BCUT2D eigenvalue weighted by atomic mass is 16.5. The molecule has 1 N–H and O–H groups in total. The van der Waals surface area contributed by atoms with Crippen LogP contribution >= 0.6 is 0 Å². The van der Waals surface area contributed by atoms with Crippen LogP contribution in [0.5, 0.6) is 0 Å². The van der Waals surface area contributed by atoms with Gasteiger partial charge in [0.15, 0.2) is 0 Å². The molecule has 2 aliphatic rings. The maximum Gasteiger partial charge on any atom is 0.253 e. The Hall–Kier alpha value is -2.51. The van der Waals surface area contributed by atoms with Gasteiger partial charge in [-0.05, 0) is 56.2 Å². The molecule has 7 nitrogen and oxygen atoms in total. The molecule has 0 bridgehead atoms. The number of hydrogen-bond acceptors (Lipinski definition) is 5. The molecular formula is C25H35N5O2. The van der Waals surface area contributed by atoms with E-state index in [1.807, 2.05) is 29.0 Å². The number of rotatable bonds is 9. The molecule has 1 saturated heterocycles. The van der Waals surface area contributed by atoms with Crippen molar-refractivity contribution in [3.05, 3.63) is 55.3 Å². The van der Waals surface area contributed by atoms with Gasteiger partial charge in [0.1, 0.15) is 12.1 Å². The van der Waals surface area contributed by atoms with Crippen molar-refractivity contribution in [1.29, 1.82) is 0 Å². The van der Waals surface area contributed by atoms with Gasteiger partial charge in [0.25, 0.3) is 5.91 Å². The third-order valence-electron chi connectivity index (χ3n) is 6.69. The van der Waals surface area contributed by atoms with E-state index < -0.39 is 0 Å². The van der Waals surface area contributed by atoms with Crippen molar-refractivity contribution in [2.24, 2.45) is 11.8 Å². The number of amides is 1. The Balaban J connectivity index is 1.32. The average molecular weight is 438 g/mol. The SMILES string of the molecule is C=CCOC[C@@H]1CCCN(C[C@H]2CCCC[C@@H]2NC(=O)c2ccc(-n3ccnc3)nc2)C1. The molecule has 3 atom stereocenters. The molecule has 0 aromatic carbocycles. The standard InChI is InChI=1S/C25H35N5O2/c1-2-14-32-18-20-6-5-12-29(16-20)17-22-7-3-4-8-23(22)28-25(31)21-9-10-24(27-15-21)30-13-11-26-19-30/h2,9-11,13,15,19-20,22-23H,1,3-8,12,14,16-18H2,(H,28,31)/t20-,22-,23+/m1/s1. The first kappa shape index (κ1) is 22.7. The van der Waals surface area contributed by atoms with Gasteiger partial charge >= 0.3 is 0 Å². The Bertz CT molecular complexity index is 852. The largest absolute Gasteiger partial charge is 0.377 e. The lowest BCUT2D eigenvalue weighted by molar-refractivity contribution is 0.0599. The summed E-state index contributed by atoms with van der Waals surface area (Å²) in [5, 5.41) is 3.32. The summed E-state index contributed by atoms with van der Waals surface area (Å²) in [6.45, 7) is 8.47. The van der Waals surface area contributed by atoms with Gasteiger partial charge < -0.3 is 15.0 Å². The highest BCUT2D eigenvalue weighted by Gasteiger charge is 2.30. The fourth-order valence-electron chi connectivity index (χ4n) is 5.04. The van der Waals surface area contributed by atoms with Crippen LogP contribution in [-0.2, 0) is 4.74 Å². The summed E-state index contributed by atoms with van der Waals surface area (Å²) in [6.07, 6.45) is 15.8. The lowest BCUT2D eigenvalue weighted by atomic mass is 9.83. The van der Waals surface area contributed by atoms with E-state index in [4.69, 9.17) is 4.74 Å².